The minimum absolute atomic E-state index is 0.0792. The van der Waals surface area contributed by atoms with Crippen molar-refractivity contribution in [1.82, 2.24) is 25.4 Å². The summed E-state index contributed by atoms with van der Waals surface area (Å²) in [6.07, 6.45) is 1.41. The Bertz CT molecular complexity index is 639. The summed E-state index contributed by atoms with van der Waals surface area (Å²) in [5, 5.41) is 15.6. The third-order valence-corrected chi connectivity index (χ3v) is 4.50. The lowest BCUT2D eigenvalue weighted by Gasteiger charge is -2.15. The molecule has 118 valence electrons. The molecule has 0 saturated carbocycles. The molecular formula is C12H17N6O3P. The average molecular weight is 324 g/mol. The Morgan fingerprint density at radius 2 is 1.73 bits per heavy atom. The predicted molar refractivity (Wildman–Crippen MR) is 79.8 cm³/mol. The topological polar surface area (TPSA) is 126 Å². The number of anilines is 1. The number of hydrogen-bond donors (Lipinski definition) is 1. The fourth-order valence-corrected chi connectivity index (χ4v) is 3.17. The molecule has 0 aliphatic rings. The fourth-order valence-electron chi connectivity index (χ4n) is 1.65. The number of hydrogen-bond acceptors (Lipinski definition) is 9. The molecule has 22 heavy (non-hydrogen) atoms. The highest BCUT2D eigenvalue weighted by atomic mass is 31.2. The first-order valence-corrected chi connectivity index (χ1v) is 8.45. The van der Waals surface area contributed by atoms with E-state index in [0.717, 1.165) is 0 Å². The van der Waals surface area contributed by atoms with Crippen molar-refractivity contribution >= 4 is 13.3 Å². The first kappa shape index (κ1) is 16.4. The van der Waals surface area contributed by atoms with Crippen LogP contribution in [0, 0.1) is 0 Å². The summed E-state index contributed by atoms with van der Waals surface area (Å²) in [5.41, 5.74) is 6.60. The Morgan fingerprint density at radius 1 is 1.09 bits per heavy atom. The molecule has 2 aromatic rings. The molecule has 0 spiro atoms. The van der Waals surface area contributed by atoms with E-state index >= 15 is 0 Å². The van der Waals surface area contributed by atoms with Crippen molar-refractivity contribution in [2.45, 2.75) is 20.0 Å². The average Bonchev–Trinajstić information content (AvgIpc) is 2.49. The second kappa shape index (κ2) is 7.35. The van der Waals surface area contributed by atoms with Gasteiger partial charge in [-0.25, -0.2) is 0 Å². The molecule has 0 unspecified atom stereocenters. The van der Waals surface area contributed by atoms with Crippen LogP contribution in [0.3, 0.4) is 0 Å². The quantitative estimate of drug-likeness (QED) is 0.756. The minimum atomic E-state index is -3.27. The Kier molecular flexibility index (Phi) is 5.48. The molecule has 2 aromatic heterocycles. The van der Waals surface area contributed by atoms with Gasteiger partial charge in [-0.2, -0.15) is 0 Å². The van der Waals surface area contributed by atoms with E-state index in [1.165, 1.54) is 6.20 Å². The van der Waals surface area contributed by atoms with E-state index in [1.54, 1.807) is 26.0 Å². The standard InChI is InChI=1S/C12H17N6O3P/c1-3-20-22(19,21-4-2)8-11-15-17-12(18-16-11)10-6-5-9(13)7-14-10/h5-7H,3-4,8,13H2,1-2H3. The summed E-state index contributed by atoms with van der Waals surface area (Å²) >= 11 is 0. The SMILES string of the molecule is CCOP(=O)(Cc1nnc(-c2ccc(N)cn2)nn1)OCC. The minimum Gasteiger partial charge on any atom is -0.397 e. The van der Waals surface area contributed by atoms with E-state index in [9.17, 15) is 4.57 Å². The summed E-state index contributed by atoms with van der Waals surface area (Å²) in [7, 11) is -3.27. The zero-order valence-corrected chi connectivity index (χ0v) is 13.2. The summed E-state index contributed by atoms with van der Waals surface area (Å²) in [4.78, 5) is 4.08. The van der Waals surface area contributed by atoms with Crippen LogP contribution in [0.5, 0.6) is 0 Å². The summed E-state index contributed by atoms with van der Waals surface area (Å²) in [6.45, 7) is 4.01. The van der Waals surface area contributed by atoms with Gasteiger partial charge in [0.05, 0.1) is 25.1 Å². The van der Waals surface area contributed by atoms with Crippen molar-refractivity contribution in [2.24, 2.45) is 0 Å². The third kappa shape index (κ3) is 4.27. The molecule has 0 saturated heterocycles. The first-order valence-electron chi connectivity index (χ1n) is 6.72. The predicted octanol–water partition coefficient (Wildman–Crippen LogP) is 1.68. The maximum atomic E-state index is 12.4. The molecule has 2 N–H and O–H groups in total. The van der Waals surface area contributed by atoms with Gasteiger partial charge in [-0.05, 0) is 26.0 Å². The van der Waals surface area contributed by atoms with Gasteiger partial charge in [0.1, 0.15) is 11.9 Å². The van der Waals surface area contributed by atoms with Gasteiger partial charge in [0.25, 0.3) is 0 Å². The highest BCUT2D eigenvalue weighted by Crippen LogP contribution is 2.50. The Balaban J connectivity index is 2.14. The largest absolute Gasteiger partial charge is 0.397 e. The van der Waals surface area contributed by atoms with Gasteiger partial charge >= 0.3 is 7.60 Å². The van der Waals surface area contributed by atoms with Gasteiger partial charge in [0.2, 0.25) is 5.82 Å². The van der Waals surface area contributed by atoms with Gasteiger partial charge in [0.15, 0.2) is 5.82 Å². The van der Waals surface area contributed by atoms with Crippen LogP contribution in [0.1, 0.15) is 19.7 Å². The highest BCUT2D eigenvalue weighted by Gasteiger charge is 2.26. The first-order chi connectivity index (χ1) is 10.6. The lowest BCUT2D eigenvalue weighted by Crippen LogP contribution is -2.06. The summed E-state index contributed by atoms with van der Waals surface area (Å²) < 4.78 is 22.7. The second-order valence-electron chi connectivity index (χ2n) is 4.22. The van der Waals surface area contributed by atoms with E-state index in [-0.39, 0.29) is 31.0 Å². The molecule has 0 fully saturated rings. The number of rotatable bonds is 7. The Morgan fingerprint density at radius 3 is 2.23 bits per heavy atom. The molecule has 0 radical (unpaired) electrons. The molecule has 2 heterocycles. The van der Waals surface area contributed by atoms with E-state index in [2.05, 4.69) is 25.4 Å². The normalized spacial score (nSPS) is 11.5. The lowest BCUT2D eigenvalue weighted by atomic mass is 10.3. The van der Waals surface area contributed by atoms with E-state index in [1.807, 2.05) is 0 Å². The van der Waals surface area contributed by atoms with Crippen LogP contribution in [-0.4, -0.2) is 38.6 Å². The maximum Gasteiger partial charge on any atom is 0.338 e. The molecule has 10 heteroatoms. The van der Waals surface area contributed by atoms with Crippen molar-refractivity contribution in [2.75, 3.05) is 18.9 Å². The second-order valence-corrected chi connectivity index (χ2v) is 6.28. The third-order valence-electron chi connectivity index (χ3n) is 2.52. The van der Waals surface area contributed by atoms with Crippen LogP contribution >= 0.6 is 7.60 Å². The molecule has 9 nitrogen and oxygen atoms in total. The maximum absolute atomic E-state index is 12.4. The van der Waals surface area contributed by atoms with E-state index in [4.69, 9.17) is 14.8 Å². The number of aromatic nitrogens is 5. The van der Waals surface area contributed by atoms with Gasteiger partial charge < -0.3 is 14.8 Å². The lowest BCUT2D eigenvalue weighted by molar-refractivity contribution is 0.218. The van der Waals surface area contributed by atoms with Crippen LogP contribution in [0.4, 0.5) is 5.69 Å². The van der Waals surface area contributed by atoms with E-state index < -0.39 is 7.60 Å². The van der Waals surface area contributed by atoms with Gasteiger partial charge in [0, 0.05) is 0 Å². The molecule has 0 aliphatic carbocycles. The van der Waals surface area contributed by atoms with Crippen LogP contribution in [0.25, 0.3) is 11.5 Å². The Labute approximate surface area is 127 Å². The number of nitrogens with two attached hydrogens (primary N) is 1. The van der Waals surface area contributed by atoms with Crippen LogP contribution < -0.4 is 5.73 Å². The molecule has 0 atom stereocenters. The monoisotopic (exact) mass is 324 g/mol. The van der Waals surface area contributed by atoms with Gasteiger partial charge in [-0.15, -0.1) is 20.4 Å². The summed E-state index contributed by atoms with van der Waals surface area (Å²) in [6, 6.07) is 3.34. The summed E-state index contributed by atoms with van der Waals surface area (Å²) in [5.74, 6) is 0.441. The zero-order chi connectivity index (χ0) is 16.0. The number of nitrogens with zero attached hydrogens (tertiary/aromatic N) is 5. The molecule has 0 bridgehead atoms. The molecule has 0 amide bonds. The van der Waals surface area contributed by atoms with Crippen molar-refractivity contribution in [3.63, 3.8) is 0 Å². The molecule has 0 aliphatic heterocycles. The molecular weight excluding hydrogens is 307 g/mol. The highest BCUT2D eigenvalue weighted by molar-refractivity contribution is 7.53. The van der Waals surface area contributed by atoms with Crippen LogP contribution in [0.15, 0.2) is 18.3 Å². The molecule has 2 rings (SSSR count). The smallest absolute Gasteiger partial charge is 0.338 e. The number of pyridine rings is 1. The Hall–Kier alpha value is -1.96. The van der Waals surface area contributed by atoms with Crippen molar-refractivity contribution in [1.29, 1.82) is 0 Å². The van der Waals surface area contributed by atoms with Crippen LogP contribution in [0.2, 0.25) is 0 Å². The van der Waals surface area contributed by atoms with Gasteiger partial charge in [-0.1, -0.05) is 0 Å². The van der Waals surface area contributed by atoms with Crippen molar-refractivity contribution in [3.8, 4) is 11.5 Å². The van der Waals surface area contributed by atoms with Crippen molar-refractivity contribution < 1.29 is 13.6 Å². The van der Waals surface area contributed by atoms with E-state index in [0.29, 0.717) is 11.4 Å². The van der Waals surface area contributed by atoms with Gasteiger partial charge in [-0.3, -0.25) is 9.55 Å². The van der Waals surface area contributed by atoms with Crippen LogP contribution in [-0.2, 0) is 19.8 Å². The zero-order valence-electron chi connectivity index (χ0n) is 12.3. The molecule has 0 aromatic carbocycles. The fraction of sp³-hybridized carbons (Fsp3) is 0.417. The van der Waals surface area contributed by atoms with Crippen molar-refractivity contribution in [3.05, 3.63) is 24.2 Å². The number of nitrogen functional groups attached to an aromatic ring is 1.